The fourth-order valence-electron chi connectivity index (χ4n) is 3.00. The van der Waals surface area contributed by atoms with Crippen molar-refractivity contribution in [2.75, 3.05) is 42.8 Å². The van der Waals surface area contributed by atoms with E-state index in [0.717, 1.165) is 31.7 Å². The minimum absolute atomic E-state index is 0.0366. The third kappa shape index (κ3) is 7.35. The first-order valence-corrected chi connectivity index (χ1v) is 11.4. The molecule has 0 saturated carbocycles. The number of carboxylic acid groups (broad SMARTS) is 2. The summed E-state index contributed by atoms with van der Waals surface area (Å²) < 4.78 is 59.9. The predicted octanol–water partition coefficient (Wildman–Crippen LogP) is 2.88. The first-order valence-electron chi connectivity index (χ1n) is 9.91. The van der Waals surface area contributed by atoms with Crippen LogP contribution in [-0.4, -0.2) is 74.9 Å². The second-order valence-corrected chi connectivity index (χ2v) is 9.23. The van der Waals surface area contributed by atoms with Crippen LogP contribution in [0.1, 0.15) is 15.9 Å². The number of aryl methyl sites for hydroxylation is 1. The zero-order valence-electron chi connectivity index (χ0n) is 18.3. The Morgan fingerprint density at radius 3 is 1.97 bits per heavy atom. The number of nitrogens with one attached hydrogen (secondary N) is 1. The molecule has 0 atom stereocenters. The van der Waals surface area contributed by atoms with Gasteiger partial charge in [0.1, 0.15) is 0 Å². The van der Waals surface area contributed by atoms with Crippen LogP contribution in [0.3, 0.4) is 0 Å². The van der Waals surface area contributed by atoms with Crippen molar-refractivity contribution in [3.63, 3.8) is 0 Å². The third-order valence-electron chi connectivity index (χ3n) is 4.91. The SMILES string of the molecule is Cc1ccc(S(=O)(=O)Nc2cc(C(=O)O)ccc2N2CCN(C)CC2)cc1.O=C(O)C(F)(F)F. The Morgan fingerprint density at radius 1 is 0.971 bits per heavy atom. The molecule has 0 bridgehead atoms. The quantitative estimate of drug-likeness (QED) is 0.569. The number of benzene rings is 2. The standard InChI is InChI=1S/C19H23N3O4S.C2HF3O2/c1-14-3-6-16(7-4-14)27(25,26)20-17-13-15(19(23)24)5-8-18(17)22-11-9-21(2)10-12-22;3-2(4,5)1(6)7/h3-8,13,20H,9-12H2,1-2H3,(H,23,24);(H,6,7). The van der Waals surface area contributed by atoms with Crippen LogP contribution in [0.4, 0.5) is 24.5 Å². The highest BCUT2D eigenvalue weighted by Gasteiger charge is 2.38. The molecule has 2 aromatic rings. The topological polar surface area (TPSA) is 127 Å². The van der Waals surface area contributed by atoms with Gasteiger partial charge in [-0.15, -0.1) is 0 Å². The van der Waals surface area contributed by atoms with Crippen molar-refractivity contribution in [3.8, 4) is 0 Å². The zero-order chi connectivity index (χ0) is 25.7. The molecule has 0 aliphatic carbocycles. The van der Waals surface area contributed by atoms with Crippen LogP contribution >= 0.6 is 0 Å². The lowest BCUT2D eigenvalue weighted by Crippen LogP contribution is -2.44. The maximum atomic E-state index is 12.8. The normalized spacial score (nSPS) is 14.7. The van der Waals surface area contributed by atoms with Crippen molar-refractivity contribution in [1.29, 1.82) is 0 Å². The second kappa shape index (κ2) is 10.7. The molecule has 9 nitrogen and oxygen atoms in total. The van der Waals surface area contributed by atoms with Gasteiger partial charge in [0.25, 0.3) is 10.0 Å². The molecule has 1 saturated heterocycles. The highest BCUT2D eigenvalue weighted by atomic mass is 32.2. The fraction of sp³-hybridized carbons (Fsp3) is 0.333. The van der Waals surface area contributed by atoms with E-state index in [2.05, 4.69) is 14.5 Å². The smallest absolute Gasteiger partial charge is 0.478 e. The Hall–Kier alpha value is -3.32. The van der Waals surface area contributed by atoms with Gasteiger partial charge in [-0.3, -0.25) is 4.72 Å². The van der Waals surface area contributed by atoms with Crippen molar-refractivity contribution in [2.45, 2.75) is 18.0 Å². The predicted molar refractivity (Wildman–Crippen MR) is 119 cm³/mol. The number of hydrogen-bond donors (Lipinski definition) is 3. The second-order valence-electron chi connectivity index (χ2n) is 7.55. The summed E-state index contributed by atoms with van der Waals surface area (Å²) in [6, 6.07) is 11.1. The number of sulfonamides is 1. The number of halogens is 3. The summed E-state index contributed by atoms with van der Waals surface area (Å²) >= 11 is 0. The van der Waals surface area contributed by atoms with Crippen LogP contribution in [0.25, 0.3) is 0 Å². The van der Waals surface area contributed by atoms with Gasteiger partial charge in [-0.1, -0.05) is 17.7 Å². The Labute approximate surface area is 194 Å². The molecule has 0 spiro atoms. The average molecular weight is 503 g/mol. The van der Waals surface area contributed by atoms with E-state index in [-0.39, 0.29) is 16.1 Å². The first-order chi connectivity index (χ1) is 15.7. The molecule has 1 heterocycles. The van der Waals surface area contributed by atoms with Gasteiger partial charge >= 0.3 is 18.1 Å². The Bertz CT molecular complexity index is 1130. The van der Waals surface area contributed by atoms with Gasteiger partial charge in [0.15, 0.2) is 0 Å². The molecule has 34 heavy (non-hydrogen) atoms. The minimum Gasteiger partial charge on any atom is -0.478 e. The summed E-state index contributed by atoms with van der Waals surface area (Å²) in [6.45, 7) is 5.06. The van der Waals surface area contributed by atoms with Crippen LogP contribution in [0.15, 0.2) is 47.4 Å². The molecule has 0 unspecified atom stereocenters. The number of rotatable bonds is 5. The van der Waals surface area contributed by atoms with E-state index < -0.39 is 28.1 Å². The largest absolute Gasteiger partial charge is 0.490 e. The van der Waals surface area contributed by atoms with Crippen LogP contribution in [0.5, 0.6) is 0 Å². The number of nitrogens with zero attached hydrogens (tertiary/aromatic N) is 2. The van der Waals surface area contributed by atoms with E-state index in [0.29, 0.717) is 5.69 Å². The summed E-state index contributed by atoms with van der Waals surface area (Å²) in [7, 11) is -1.79. The molecule has 13 heteroatoms. The van der Waals surface area contributed by atoms with E-state index in [4.69, 9.17) is 9.90 Å². The molecular weight excluding hydrogens is 479 g/mol. The number of alkyl halides is 3. The van der Waals surface area contributed by atoms with Crippen molar-refractivity contribution in [3.05, 3.63) is 53.6 Å². The molecule has 1 aliphatic rings. The van der Waals surface area contributed by atoms with E-state index in [1.54, 1.807) is 18.2 Å². The van der Waals surface area contributed by atoms with Crippen molar-refractivity contribution >= 4 is 33.3 Å². The summed E-state index contributed by atoms with van der Waals surface area (Å²) in [4.78, 5) is 24.7. The van der Waals surface area contributed by atoms with Gasteiger partial charge in [0, 0.05) is 26.2 Å². The van der Waals surface area contributed by atoms with Crippen LogP contribution in [-0.2, 0) is 14.8 Å². The Morgan fingerprint density at radius 2 is 1.50 bits per heavy atom. The monoisotopic (exact) mass is 503 g/mol. The van der Waals surface area contributed by atoms with Gasteiger partial charge < -0.3 is 20.0 Å². The fourth-order valence-corrected chi connectivity index (χ4v) is 4.06. The Balaban J connectivity index is 0.000000509. The number of likely N-dealkylation sites (N-methyl/N-ethyl adjacent to an activating group) is 1. The molecule has 3 rings (SSSR count). The molecule has 186 valence electrons. The van der Waals surface area contributed by atoms with Crippen molar-refractivity contribution in [1.82, 2.24) is 4.90 Å². The molecule has 0 amide bonds. The molecule has 1 aliphatic heterocycles. The van der Waals surface area contributed by atoms with Gasteiger partial charge in [-0.25, -0.2) is 18.0 Å². The van der Waals surface area contributed by atoms with E-state index in [9.17, 15) is 31.5 Å². The van der Waals surface area contributed by atoms with Crippen molar-refractivity contribution in [2.24, 2.45) is 0 Å². The third-order valence-corrected chi connectivity index (χ3v) is 6.29. The number of carbonyl (C=O) groups is 2. The summed E-state index contributed by atoms with van der Waals surface area (Å²) in [6.07, 6.45) is -5.08. The molecule has 0 radical (unpaired) electrons. The van der Waals surface area contributed by atoms with Gasteiger partial charge in [0.2, 0.25) is 0 Å². The Kier molecular flexibility index (Phi) is 8.51. The molecular formula is C21H24F3N3O6S. The maximum absolute atomic E-state index is 12.8. The van der Waals surface area contributed by atoms with Gasteiger partial charge in [0.05, 0.1) is 21.8 Å². The first kappa shape index (κ1) is 26.9. The lowest BCUT2D eigenvalue weighted by atomic mass is 10.1. The molecule has 2 aromatic carbocycles. The number of carboxylic acids is 2. The zero-order valence-corrected chi connectivity index (χ0v) is 19.2. The number of aromatic carboxylic acids is 1. The number of piperazine rings is 1. The van der Waals surface area contributed by atoms with Crippen LogP contribution in [0.2, 0.25) is 0 Å². The highest BCUT2D eigenvalue weighted by molar-refractivity contribution is 7.92. The average Bonchev–Trinajstić information content (AvgIpc) is 2.74. The number of hydrogen-bond acceptors (Lipinski definition) is 6. The van der Waals surface area contributed by atoms with E-state index in [1.165, 1.54) is 24.3 Å². The summed E-state index contributed by atoms with van der Waals surface area (Å²) in [5.41, 5.74) is 1.96. The van der Waals surface area contributed by atoms with Gasteiger partial charge in [-0.2, -0.15) is 13.2 Å². The van der Waals surface area contributed by atoms with Crippen LogP contribution < -0.4 is 9.62 Å². The lowest BCUT2D eigenvalue weighted by molar-refractivity contribution is -0.192. The molecule has 0 aromatic heterocycles. The van der Waals surface area contributed by atoms with E-state index >= 15 is 0 Å². The molecule has 3 N–H and O–H groups in total. The van der Waals surface area contributed by atoms with Gasteiger partial charge in [-0.05, 0) is 44.3 Å². The number of anilines is 2. The lowest BCUT2D eigenvalue weighted by Gasteiger charge is -2.35. The van der Waals surface area contributed by atoms with Crippen LogP contribution in [0, 0.1) is 6.92 Å². The number of aliphatic carboxylic acids is 1. The minimum atomic E-state index is -5.08. The highest BCUT2D eigenvalue weighted by Crippen LogP contribution is 2.30. The summed E-state index contributed by atoms with van der Waals surface area (Å²) in [5, 5.41) is 16.4. The van der Waals surface area contributed by atoms with Crippen molar-refractivity contribution < 1.29 is 41.4 Å². The molecule has 1 fully saturated rings. The maximum Gasteiger partial charge on any atom is 0.490 e. The summed E-state index contributed by atoms with van der Waals surface area (Å²) in [5.74, 6) is -3.86. The van der Waals surface area contributed by atoms with E-state index in [1.807, 2.05) is 14.0 Å².